The smallest absolute Gasteiger partial charge is 0.0175 e. The quantitative estimate of drug-likeness (QED) is 0.824. The van der Waals surface area contributed by atoms with Gasteiger partial charge in [-0.1, -0.05) is 34.1 Å². The van der Waals surface area contributed by atoms with Crippen LogP contribution in [-0.4, -0.2) is 6.54 Å². The fourth-order valence-corrected chi connectivity index (χ4v) is 1.27. The standard InChI is InChI=1S/C10H12BrN/c1-8(6-7-12)9-2-4-10(11)5-3-9/h2-6H,7,12H2,1H3. The first-order valence-electron chi connectivity index (χ1n) is 3.87. The van der Waals surface area contributed by atoms with Crippen LogP contribution in [0.15, 0.2) is 34.8 Å². The maximum Gasteiger partial charge on any atom is 0.0175 e. The second-order valence-corrected chi connectivity index (χ2v) is 3.55. The third kappa shape index (κ3) is 2.47. The van der Waals surface area contributed by atoms with Crippen molar-refractivity contribution in [3.05, 3.63) is 40.4 Å². The lowest BCUT2D eigenvalue weighted by Gasteiger charge is -2.00. The predicted octanol–water partition coefficient (Wildman–Crippen LogP) is 2.81. The third-order valence-electron chi connectivity index (χ3n) is 1.72. The molecular weight excluding hydrogens is 214 g/mol. The van der Waals surface area contributed by atoms with Crippen LogP contribution in [-0.2, 0) is 0 Å². The third-order valence-corrected chi connectivity index (χ3v) is 2.25. The van der Waals surface area contributed by atoms with Gasteiger partial charge in [-0.05, 0) is 30.2 Å². The molecule has 2 N–H and O–H groups in total. The number of hydrogen-bond acceptors (Lipinski definition) is 1. The Morgan fingerprint density at radius 1 is 1.42 bits per heavy atom. The minimum Gasteiger partial charge on any atom is -0.327 e. The Morgan fingerprint density at radius 2 is 2.00 bits per heavy atom. The van der Waals surface area contributed by atoms with Crippen molar-refractivity contribution in [2.45, 2.75) is 6.92 Å². The molecule has 0 aliphatic carbocycles. The molecule has 0 aromatic heterocycles. The van der Waals surface area contributed by atoms with Crippen molar-refractivity contribution in [1.29, 1.82) is 0 Å². The van der Waals surface area contributed by atoms with Crippen LogP contribution in [0.4, 0.5) is 0 Å². The molecule has 0 unspecified atom stereocenters. The molecule has 0 spiro atoms. The molecule has 0 atom stereocenters. The summed E-state index contributed by atoms with van der Waals surface area (Å²) in [5.74, 6) is 0. The molecule has 64 valence electrons. The Kier molecular flexibility index (Phi) is 3.50. The van der Waals surface area contributed by atoms with E-state index in [0.717, 1.165) is 4.47 Å². The fraction of sp³-hybridized carbons (Fsp3) is 0.200. The van der Waals surface area contributed by atoms with Gasteiger partial charge >= 0.3 is 0 Å². The van der Waals surface area contributed by atoms with Gasteiger partial charge in [0.15, 0.2) is 0 Å². The average molecular weight is 226 g/mol. The number of rotatable bonds is 2. The molecule has 0 bridgehead atoms. The van der Waals surface area contributed by atoms with Gasteiger partial charge in [0, 0.05) is 11.0 Å². The SMILES string of the molecule is CC(=CCN)c1ccc(Br)cc1. The predicted molar refractivity (Wildman–Crippen MR) is 56.8 cm³/mol. The number of benzene rings is 1. The number of halogens is 1. The summed E-state index contributed by atoms with van der Waals surface area (Å²) in [7, 11) is 0. The van der Waals surface area contributed by atoms with E-state index in [1.165, 1.54) is 11.1 Å². The zero-order valence-electron chi connectivity index (χ0n) is 7.05. The first kappa shape index (κ1) is 9.49. The molecule has 0 saturated heterocycles. The Hall–Kier alpha value is -0.600. The van der Waals surface area contributed by atoms with E-state index in [1.54, 1.807) is 0 Å². The Morgan fingerprint density at radius 3 is 2.50 bits per heavy atom. The first-order chi connectivity index (χ1) is 5.74. The molecule has 0 aliphatic rings. The van der Waals surface area contributed by atoms with Gasteiger partial charge in [-0.3, -0.25) is 0 Å². The molecule has 1 aromatic rings. The van der Waals surface area contributed by atoms with Crippen LogP contribution in [0.3, 0.4) is 0 Å². The summed E-state index contributed by atoms with van der Waals surface area (Å²) in [4.78, 5) is 0. The second kappa shape index (κ2) is 4.43. The highest BCUT2D eigenvalue weighted by Crippen LogP contribution is 2.16. The maximum atomic E-state index is 5.41. The normalized spacial score (nSPS) is 11.8. The zero-order valence-corrected chi connectivity index (χ0v) is 8.64. The molecule has 1 rings (SSSR count). The highest BCUT2D eigenvalue weighted by molar-refractivity contribution is 9.10. The Labute approximate surface area is 81.4 Å². The van der Waals surface area contributed by atoms with Gasteiger partial charge in [0.05, 0.1) is 0 Å². The molecule has 0 heterocycles. The van der Waals surface area contributed by atoms with E-state index >= 15 is 0 Å². The molecule has 2 heteroatoms. The van der Waals surface area contributed by atoms with Gasteiger partial charge in [-0.15, -0.1) is 0 Å². The lowest BCUT2D eigenvalue weighted by atomic mass is 10.1. The number of allylic oxidation sites excluding steroid dienone is 1. The number of hydrogen-bond donors (Lipinski definition) is 1. The van der Waals surface area contributed by atoms with Crippen molar-refractivity contribution in [2.24, 2.45) is 5.73 Å². The lowest BCUT2D eigenvalue weighted by molar-refractivity contribution is 1.25. The average Bonchev–Trinajstić information content (AvgIpc) is 2.06. The topological polar surface area (TPSA) is 26.0 Å². The molecule has 1 aromatic carbocycles. The van der Waals surface area contributed by atoms with Gasteiger partial charge in [-0.25, -0.2) is 0 Å². The maximum absolute atomic E-state index is 5.41. The molecule has 0 saturated carbocycles. The number of nitrogens with two attached hydrogens (primary N) is 1. The highest BCUT2D eigenvalue weighted by Gasteiger charge is 1.93. The summed E-state index contributed by atoms with van der Waals surface area (Å²) in [6.45, 7) is 2.66. The summed E-state index contributed by atoms with van der Waals surface area (Å²) in [5, 5.41) is 0. The Balaban J connectivity index is 2.89. The molecule has 12 heavy (non-hydrogen) atoms. The lowest BCUT2D eigenvalue weighted by Crippen LogP contribution is -1.94. The van der Waals surface area contributed by atoms with Gasteiger partial charge in [0.2, 0.25) is 0 Å². The van der Waals surface area contributed by atoms with E-state index in [-0.39, 0.29) is 0 Å². The van der Waals surface area contributed by atoms with Crippen molar-refractivity contribution >= 4 is 21.5 Å². The minimum absolute atomic E-state index is 0.599. The summed E-state index contributed by atoms with van der Waals surface area (Å²) in [5.41, 5.74) is 7.86. The van der Waals surface area contributed by atoms with E-state index in [2.05, 4.69) is 35.0 Å². The first-order valence-corrected chi connectivity index (χ1v) is 4.66. The Bertz CT molecular complexity index is 274. The van der Waals surface area contributed by atoms with Crippen LogP contribution in [0, 0.1) is 0 Å². The minimum atomic E-state index is 0.599. The fourth-order valence-electron chi connectivity index (χ4n) is 1.01. The van der Waals surface area contributed by atoms with Crippen molar-refractivity contribution in [2.75, 3.05) is 6.54 Å². The summed E-state index contributed by atoms with van der Waals surface area (Å²) >= 11 is 3.39. The molecule has 0 aliphatic heterocycles. The van der Waals surface area contributed by atoms with E-state index in [4.69, 9.17) is 5.73 Å². The van der Waals surface area contributed by atoms with Crippen molar-refractivity contribution in [1.82, 2.24) is 0 Å². The van der Waals surface area contributed by atoms with Crippen molar-refractivity contribution in [3.8, 4) is 0 Å². The zero-order chi connectivity index (χ0) is 8.97. The van der Waals surface area contributed by atoms with Gasteiger partial charge in [0.1, 0.15) is 0 Å². The van der Waals surface area contributed by atoms with E-state index < -0.39 is 0 Å². The monoisotopic (exact) mass is 225 g/mol. The molecule has 1 nitrogen and oxygen atoms in total. The van der Waals surface area contributed by atoms with Crippen molar-refractivity contribution < 1.29 is 0 Å². The van der Waals surface area contributed by atoms with Crippen LogP contribution in [0.5, 0.6) is 0 Å². The summed E-state index contributed by atoms with van der Waals surface area (Å²) in [6.07, 6.45) is 2.02. The highest BCUT2D eigenvalue weighted by atomic mass is 79.9. The molecular formula is C10H12BrN. The van der Waals surface area contributed by atoms with Crippen LogP contribution in [0.2, 0.25) is 0 Å². The van der Waals surface area contributed by atoms with Crippen LogP contribution < -0.4 is 5.73 Å². The van der Waals surface area contributed by atoms with E-state index in [9.17, 15) is 0 Å². The van der Waals surface area contributed by atoms with E-state index in [1.807, 2.05) is 18.2 Å². The van der Waals surface area contributed by atoms with E-state index in [0.29, 0.717) is 6.54 Å². The van der Waals surface area contributed by atoms with Crippen LogP contribution >= 0.6 is 15.9 Å². The van der Waals surface area contributed by atoms with Crippen molar-refractivity contribution in [3.63, 3.8) is 0 Å². The van der Waals surface area contributed by atoms with Gasteiger partial charge in [-0.2, -0.15) is 0 Å². The summed E-state index contributed by atoms with van der Waals surface area (Å²) < 4.78 is 1.10. The molecule has 0 radical (unpaired) electrons. The van der Waals surface area contributed by atoms with Gasteiger partial charge < -0.3 is 5.73 Å². The second-order valence-electron chi connectivity index (χ2n) is 2.63. The largest absolute Gasteiger partial charge is 0.327 e. The summed E-state index contributed by atoms with van der Waals surface area (Å²) in [6, 6.07) is 8.21. The van der Waals surface area contributed by atoms with Crippen LogP contribution in [0.25, 0.3) is 5.57 Å². The van der Waals surface area contributed by atoms with Crippen LogP contribution in [0.1, 0.15) is 12.5 Å². The van der Waals surface area contributed by atoms with Gasteiger partial charge in [0.25, 0.3) is 0 Å². The molecule has 0 fully saturated rings. The molecule has 0 amide bonds.